The summed E-state index contributed by atoms with van der Waals surface area (Å²) in [6, 6.07) is 23.1. The van der Waals surface area contributed by atoms with Crippen molar-refractivity contribution in [3.05, 3.63) is 89.0 Å². The van der Waals surface area contributed by atoms with Crippen molar-refractivity contribution in [3.8, 4) is 11.1 Å². The predicted molar refractivity (Wildman–Crippen MR) is 125 cm³/mol. The van der Waals surface area contributed by atoms with Gasteiger partial charge in [0.2, 0.25) is 0 Å². The summed E-state index contributed by atoms with van der Waals surface area (Å²) in [5.74, 6) is 0.855. The number of nitrogens with one attached hydrogen (secondary N) is 2. The number of para-hydroxylation sites is 1. The van der Waals surface area contributed by atoms with Gasteiger partial charge in [0.25, 0.3) is 0 Å². The molecular formula is C27H30N2O. The smallest absolute Gasteiger partial charge is 0.319 e. The van der Waals surface area contributed by atoms with Crippen LogP contribution in [0.25, 0.3) is 11.1 Å². The van der Waals surface area contributed by atoms with Crippen molar-refractivity contribution >= 4 is 11.7 Å². The third kappa shape index (κ3) is 3.72. The first-order chi connectivity index (χ1) is 14.5. The second-order valence-electron chi connectivity index (χ2n) is 8.68. The van der Waals surface area contributed by atoms with Crippen molar-refractivity contribution in [2.24, 2.45) is 0 Å². The number of anilines is 1. The molecule has 3 aromatic carbocycles. The Labute approximate surface area is 179 Å². The molecule has 30 heavy (non-hydrogen) atoms. The topological polar surface area (TPSA) is 41.1 Å². The molecule has 0 atom stereocenters. The fraction of sp³-hybridized carbons (Fsp3) is 0.296. The van der Waals surface area contributed by atoms with Gasteiger partial charge in [-0.2, -0.15) is 0 Å². The van der Waals surface area contributed by atoms with E-state index in [1.54, 1.807) is 0 Å². The summed E-state index contributed by atoms with van der Waals surface area (Å²) in [5.41, 5.74) is 8.40. The van der Waals surface area contributed by atoms with Crippen molar-refractivity contribution in [2.75, 3.05) is 11.9 Å². The Morgan fingerprint density at radius 2 is 1.27 bits per heavy atom. The molecular weight excluding hydrogens is 368 g/mol. The summed E-state index contributed by atoms with van der Waals surface area (Å²) < 4.78 is 0. The normalized spacial score (nSPS) is 12.7. The summed E-state index contributed by atoms with van der Waals surface area (Å²) >= 11 is 0. The van der Waals surface area contributed by atoms with Gasteiger partial charge < -0.3 is 10.6 Å². The van der Waals surface area contributed by atoms with Gasteiger partial charge in [-0.25, -0.2) is 4.79 Å². The molecule has 0 saturated carbocycles. The Morgan fingerprint density at radius 3 is 1.77 bits per heavy atom. The zero-order valence-electron chi connectivity index (χ0n) is 18.2. The molecule has 0 aromatic heterocycles. The van der Waals surface area contributed by atoms with Gasteiger partial charge in [0.05, 0.1) is 0 Å². The maximum Gasteiger partial charge on any atom is 0.319 e. The number of urea groups is 1. The molecule has 3 nitrogen and oxygen atoms in total. The first-order valence-electron chi connectivity index (χ1n) is 10.8. The molecule has 0 unspecified atom stereocenters. The quantitative estimate of drug-likeness (QED) is 0.484. The molecule has 0 bridgehead atoms. The van der Waals surface area contributed by atoms with Crippen LogP contribution in [0.5, 0.6) is 0 Å². The fourth-order valence-corrected chi connectivity index (χ4v) is 4.53. The molecule has 2 amide bonds. The highest BCUT2D eigenvalue weighted by Crippen LogP contribution is 2.44. The first kappa shape index (κ1) is 20.2. The molecule has 0 aliphatic heterocycles. The maximum absolute atomic E-state index is 12.9. The van der Waals surface area contributed by atoms with Gasteiger partial charge in [-0.3, -0.25) is 0 Å². The maximum atomic E-state index is 12.9. The zero-order chi connectivity index (χ0) is 21.3. The van der Waals surface area contributed by atoms with Crippen LogP contribution in [0.15, 0.2) is 66.7 Å². The van der Waals surface area contributed by atoms with Crippen LogP contribution in [0, 0.1) is 0 Å². The molecule has 3 heteroatoms. The Hall–Kier alpha value is -3.07. The largest absolute Gasteiger partial charge is 0.337 e. The average molecular weight is 399 g/mol. The molecule has 0 fully saturated rings. The molecule has 154 valence electrons. The van der Waals surface area contributed by atoms with Crippen LogP contribution in [-0.4, -0.2) is 12.6 Å². The molecule has 0 radical (unpaired) electrons. The number of amides is 2. The van der Waals surface area contributed by atoms with E-state index in [2.05, 4.69) is 105 Å². The lowest BCUT2D eigenvalue weighted by molar-refractivity contribution is 0.252. The SMILES string of the molecule is CC(C)c1cccc(C(C)C)c1NC(=O)NCC1c2ccccc2-c2ccccc21. The third-order valence-electron chi connectivity index (χ3n) is 6.04. The fourth-order valence-electron chi connectivity index (χ4n) is 4.53. The van der Waals surface area contributed by atoms with E-state index in [4.69, 9.17) is 0 Å². The number of fused-ring (bicyclic) bond motifs is 3. The van der Waals surface area contributed by atoms with E-state index in [9.17, 15) is 4.79 Å². The lowest BCUT2D eigenvalue weighted by Crippen LogP contribution is -2.33. The van der Waals surface area contributed by atoms with Gasteiger partial charge in [0.1, 0.15) is 0 Å². The number of hydrogen-bond donors (Lipinski definition) is 2. The second kappa shape index (κ2) is 8.35. The van der Waals surface area contributed by atoms with Gasteiger partial charge in [0, 0.05) is 18.2 Å². The van der Waals surface area contributed by atoms with Crippen LogP contribution >= 0.6 is 0 Å². The minimum absolute atomic E-state index is 0.146. The Balaban J connectivity index is 1.55. The zero-order valence-corrected chi connectivity index (χ0v) is 18.2. The van der Waals surface area contributed by atoms with E-state index >= 15 is 0 Å². The van der Waals surface area contributed by atoms with Crippen molar-refractivity contribution in [1.29, 1.82) is 0 Å². The molecule has 3 aromatic rings. The van der Waals surface area contributed by atoms with E-state index in [-0.39, 0.29) is 11.9 Å². The molecule has 0 saturated heterocycles. The van der Waals surface area contributed by atoms with Crippen LogP contribution in [0.1, 0.15) is 67.7 Å². The van der Waals surface area contributed by atoms with Gasteiger partial charge in [-0.15, -0.1) is 0 Å². The number of carbonyl (C=O) groups is 1. The summed E-state index contributed by atoms with van der Waals surface area (Å²) in [6.07, 6.45) is 0. The number of carbonyl (C=O) groups excluding carboxylic acids is 1. The Kier molecular flexibility index (Phi) is 5.63. The highest BCUT2D eigenvalue weighted by molar-refractivity contribution is 5.91. The number of rotatable bonds is 5. The van der Waals surface area contributed by atoms with Gasteiger partial charge in [-0.1, -0.05) is 94.4 Å². The van der Waals surface area contributed by atoms with Crippen molar-refractivity contribution in [3.63, 3.8) is 0 Å². The molecule has 0 spiro atoms. The highest BCUT2D eigenvalue weighted by atomic mass is 16.2. The Morgan fingerprint density at radius 1 is 0.767 bits per heavy atom. The average Bonchev–Trinajstić information content (AvgIpc) is 3.06. The Bertz CT molecular complexity index is 996. The lowest BCUT2D eigenvalue weighted by Gasteiger charge is -2.21. The van der Waals surface area contributed by atoms with Crippen LogP contribution in [-0.2, 0) is 0 Å². The molecule has 1 aliphatic carbocycles. The summed E-state index contributed by atoms with van der Waals surface area (Å²) in [6.45, 7) is 9.22. The van der Waals surface area contributed by atoms with E-state index in [0.717, 1.165) is 5.69 Å². The molecule has 2 N–H and O–H groups in total. The minimum Gasteiger partial charge on any atom is -0.337 e. The first-order valence-corrected chi connectivity index (χ1v) is 10.8. The van der Waals surface area contributed by atoms with Crippen LogP contribution in [0.2, 0.25) is 0 Å². The minimum atomic E-state index is -0.146. The van der Waals surface area contributed by atoms with Gasteiger partial charge >= 0.3 is 6.03 Å². The van der Waals surface area contributed by atoms with Crippen LogP contribution < -0.4 is 10.6 Å². The number of hydrogen-bond acceptors (Lipinski definition) is 1. The lowest BCUT2D eigenvalue weighted by atomic mass is 9.93. The van der Waals surface area contributed by atoms with Crippen molar-refractivity contribution in [1.82, 2.24) is 5.32 Å². The van der Waals surface area contributed by atoms with Crippen molar-refractivity contribution in [2.45, 2.75) is 45.4 Å². The summed E-state index contributed by atoms with van der Waals surface area (Å²) in [4.78, 5) is 12.9. The van der Waals surface area contributed by atoms with E-state index in [0.29, 0.717) is 18.4 Å². The van der Waals surface area contributed by atoms with Crippen LogP contribution in [0.4, 0.5) is 10.5 Å². The third-order valence-corrected chi connectivity index (χ3v) is 6.04. The molecule has 0 heterocycles. The second-order valence-corrected chi connectivity index (χ2v) is 8.68. The summed E-state index contributed by atoms with van der Waals surface area (Å²) in [5, 5.41) is 6.30. The van der Waals surface area contributed by atoms with E-state index < -0.39 is 0 Å². The van der Waals surface area contributed by atoms with Gasteiger partial charge in [0.15, 0.2) is 0 Å². The van der Waals surface area contributed by atoms with E-state index in [1.807, 2.05) is 0 Å². The monoisotopic (exact) mass is 398 g/mol. The standard InChI is InChI=1S/C27H30N2O/c1-17(2)19-14-9-15-20(18(3)4)26(19)29-27(30)28-16-25-23-12-7-5-10-21(23)22-11-6-8-13-24(22)25/h5-15,17-18,25H,16H2,1-4H3,(H2,28,29,30). The molecule has 1 aliphatic rings. The summed E-state index contributed by atoms with van der Waals surface area (Å²) in [7, 11) is 0. The molecule has 4 rings (SSSR count). The highest BCUT2D eigenvalue weighted by Gasteiger charge is 2.28. The van der Waals surface area contributed by atoms with Crippen molar-refractivity contribution < 1.29 is 4.79 Å². The predicted octanol–water partition coefficient (Wildman–Crippen LogP) is 6.87. The van der Waals surface area contributed by atoms with E-state index in [1.165, 1.54) is 33.4 Å². The van der Waals surface area contributed by atoms with Gasteiger partial charge in [-0.05, 0) is 45.2 Å². The van der Waals surface area contributed by atoms with Crippen LogP contribution in [0.3, 0.4) is 0 Å². The number of benzene rings is 3.